The van der Waals surface area contributed by atoms with Crippen molar-refractivity contribution < 1.29 is 23.5 Å². The molecule has 3 rings (SSSR count). The zero-order valence-electron chi connectivity index (χ0n) is 15.1. The molecule has 1 fully saturated rings. The van der Waals surface area contributed by atoms with Gasteiger partial charge in [-0.15, -0.1) is 0 Å². The normalized spacial score (nSPS) is 19.1. The first-order valence-electron chi connectivity index (χ1n) is 8.71. The third-order valence-electron chi connectivity index (χ3n) is 4.37. The molecule has 0 saturated carbocycles. The molecule has 1 N–H and O–H groups in total. The van der Waals surface area contributed by atoms with Crippen LogP contribution in [0.5, 0.6) is 0 Å². The van der Waals surface area contributed by atoms with E-state index in [0.29, 0.717) is 25.2 Å². The minimum Gasteiger partial charge on any atom is -0.443 e. The molecule has 9 nitrogen and oxygen atoms in total. The number of carbonyl (C=O) groups is 3. The van der Waals surface area contributed by atoms with Crippen LogP contribution in [0.2, 0.25) is 0 Å². The third kappa shape index (κ3) is 5.14. The maximum atomic E-state index is 14.6. The molecule has 2 amide bonds. The summed E-state index contributed by atoms with van der Waals surface area (Å²) in [5, 5.41) is 7.93. The van der Waals surface area contributed by atoms with Gasteiger partial charge in [0.25, 0.3) is 0 Å². The first-order valence-corrected chi connectivity index (χ1v) is 9.58. The first-order chi connectivity index (χ1) is 13.9. The molecular formula is C17H18Cl2FN5O4. The van der Waals surface area contributed by atoms with Crippen LogP contribution in [-0.4, -0.2) is 73.3 Å². The van der Waals surface area contributed by atoms with Crippen molar-refractivity contribution in [2.24, 2.45) is 5.10 Å². The lowest BCUT2D eigenvalue weighted by Gasteiger charge is -2.27. The number of amides is 2. The van der Waals surface area contributed by atoms with E-state index in [1.54, 1.807) is 11.0 Å². The van der Waals surface area contributed by atoms with Gasteiger partial charge in [-0.1, -0.05) is 23.2 Å². The lowest BCUT2D eigenvalue weighted by Crippen LogP contribution is -2.37. The number of nitrogens with zero attached hydrogens (tertiary/aromatic N) is 4. The second-order valence-electron chi connectivity index (χ2n) is 6.34. The molecule has 1 aromatic carbocycles. The van der Waals surface area contributed by atoms with Gasteiger partial charge in [0, 0.05) is 13.1 Å². The summed E-state index contributed by atoms with van der Waals surface area (Å²) >= 11 is 10.9. The number of alkyl halides is 2. The highest BCUT2D eigenvalue weighted by Gasteiger charge is 2.33. The summed E-state index contributed by atoms with van der Waals surface area (Å²) in [5.41, 5.74) is 0.629. The maximum Gasteiger partial charge on any atom is 0.414 e. The summed E-state index contributed by atoms with van der Waals surface area (Å²) in [6.45, 7) is 1.11. The Morgan fingerprint density at radius 1 is 1.41 bits per heavy atom. The topological polar surface area (TPSA) is 94.5 Å². The van der Waals surface area contributed by atoms with Gasteiger partial charge in [-0.3, -0.25) is 14.5 Å². The molecule has 1 atom stereocenters. The van der Waals surface area contributed by atoms with Crippen LogP contribution >= 0.6 is 23.2 Å². The van der Waals surface area contributed by atoms with E-state index < -0.39 is 22.9 Å². The number of halogens is 3. The number of hydrazone groups is 1. The van der Waals surface area contributed by atoms with Gasteiger partial charge < -0.3 is 15.0 Å². The summed E-state index contributed by atoms with van der Waals surface area (Å²) < 4.78 is 19.9. The van der Waals surface area contributed by atoms with E-state index >= 15 is 0 Å². The number of ether oxygens (including phenoxy) is 1. The monoisotopic (exact) mass is 445 g/mol. The van der Waals surface area contributed by atoms with Gasteiger partial charge in [-0.2, -0.15) is 5.10 Å². The van der Waals surface area contributed by atoms with E-state index in [9.17, 15) is 18.8 Å². The second kappa shape index (κ2) is 9.38. The molecule has 2 heterocycles. The molecule has 1 unspecified atom stereocenters. The van der Waals surface area contributed by atoms with Crippen molar-refractivity contribution in [1.82, 2.24) is 10.3 Å². The van der Waals surface area contributed by atoms with Crippen LogP contribution < -0.4 is 15.1 Å². The van der Waals surface area contributed by atoms with Gasteiger partial charge in [-0.05, 0) is 18.2 Å². The van der Waals surface area contributed by atoms with E-state index in [2.05, 4.69) is 10.4 Å². The average molecular weight is 446 g/mol. The Kier molecular flexibility index (Phi) is 6.88. The molecule has 1 aromatic rings. The maximum absolute atomic E-state index is 14.6. The number of benzene rings is 1. The van der Waals surface area contributed by atoms with Crippen molar-refractivity contribution in [3.8, 4) is 0 Å². The Morgan fingerprint density at radius 3 is 2.83 bits per heavy atom. The Bertz CT molecular complexity index is 825. The fourth-order valence-electron chi connectivity index (χ4n) is 2.89. The zero-order valence-corrected chi connectivity index (χ0v) is 16.6. The number of ketones is 1. The molecule has 0 aliphatic carbocycles. The summed E-state index contributed by atoms with van der Waals surface area (Å²) in [6, 6.07) is 4.37. The minimum atomic E-state index is -1.11. The van der Waals surface area contributed by atoms with Gasteiger partial charge in [0.2, 0.25) is 6.41 Å². The van der Waals surface area contributed by atoms with Gasteiger partial charge in [0.05, 0.1) is 31.0 Å². The van der Waals surface area contributed by atoms with E-state index in [4.69, 9.17) is 27.9 Å². The predicted octanol–water partition coefficient (Wildman–Crippen LogP) is 1.34. The van der Waals surface area contributed by atoms with Crippen LogP contribution in [0.3, 0.4) is 0 Å². The summed E-state index contributed by atoms with van der Waals surface area (Å²) in [4.78, 5) is 36.0. The lowest BCUT2D eigenvalue weighted by molar-refractivity contribution is -0.118. The van der Waals surface area contributed by atoms with Crippen molar-refractivity contribution in [3.05, 3.63) is 24.0 Å². The Morgan fingerprint density at radius 2 is 2.21 bits per heavy atom. The smallest absolute Gasteiger partial charge is 0.414 e. The van der Waals surface area contributed by atoms with Crippen LogP contribution in [0, 0.1) is 5.82 Å². The molecule has 2 aliphatic rings. The largest absolute Gasteiger partial charge is 0.443 e. The van der Waals surface area contributed by atoms with Crippen LogP contribution in [0.25, 0.3) is 0 Å². The molecule has 1 saturated heterocycles. The SMILES string of the molecule is O=CN1CCN(c2ccc(N3CC(CNCC(=O)C(Cl)Cl)OC3=O)cc2F)C=N1. The predicted molar refractivity (Wildman–Crippen MR) is 106 cm³/mol. The van der Waals surface area contributed by atoms with E-state index in [-0.39, 0.29) is 31.1 Å². The summed E-state index contributed by atoms with van der Waals surface area (Å²) in [7, 11) is 0. The molecule has 0 radical (unpaired) electrons. The molecular weight excluding hydrogens is 428 g/mol. The number of carbonyl (C=O) groups excluding carboxylic acids is 3. The average Bonchev–Trinajstić information content (AvgIpc) is 3.08. The number of hydrogen-bond donors (Lipinski definition) is 1. The van der Waals surface area contributed by atoms with Gasteiger partial charge in [-0.25, -0.2) is 14.2 Å². The third-order valence-corrected chi connectivity index (χ3v) is 4.86. The number of Topliss-reactive ketones (excluding diaryl/α,β-unsaturated/α-hetero) is 1. The number of rotatable bonds is 8. The number of nitrogens with one attached hydrogen (secondary N) is 1. The van der Waals surface area contributed by atoms with Crippen LogP contribution in [0.4, 0.5) is 20.6 Å². The van der Waals surface area contributed by atoms with E-state index in [1.165, 1.54) is 28.4 Å². The first kappa shape index (κ1) is 21.3. The fraction of sp³-hybridized carbons (Fsp3) is 0.412. The zero-order chi connectivity index (χ0) is 21.0. The van der Waals surface area contributed by atoms with Crippen molar-refractivity contribution in [3.63, 3.8) is 0 Å². The minimum absolute atomic E-state index is 0.0477. The van der Waals surface area contributed by atoms with Crippen molar-refractivity contribution in [1.29, 1.82) is 0 Å². The summed E-state index contributed by atoms with van der Waals surface area (Å²) in [6.07, 6.45) is 0.849. The van der Waals surface area contributed by atoms with Crippen molar-refractivity contribution in [2.75, 3.05) is 42.5 Å². The molecule has 12 heteroatoms. The highest BCUT2D eigenvalue weighted by molar-refractivity contribution is 6.53. The molecule has 156 valence electrons. The van der Waals surface area contributed by atoms with Gasteiger partial charge in [0.1, 0.15) is 18.3 Å². The summed E-state index contributed by atoms with van der Waals surface area (Å²) in [5.74, 6) is -0.923. The van der Waals surface area contributed by atoms with Crippen LogP contribution in [-0.2, 0) is 14.3 Å². The number of cyclic esters (lactones) is 1. The van der Waals surface area contributed by atoms with Gasteiger partial charge in [0.15, 0.2) is 10.6 Å². The fourth-order valence-corrected chi connectivity index (χ4v) is 3.04. The Hall–Kier alpha value is -2.43. The molecule has 0 spiro atoms. The van der Waals surface area contributed by atoms with Crippen molar-refractivity contribution >= 4 is 59.2 Å². The quantitative estimate of drug-likeness (QED) is 0.479. The Balaban J connectivity index is 1.61. The highest BCUT2D eigenvalue weighted by Crippen LogP contribution is 2.28. The number of hydrogen-bond acceptors (Lipinski definition) is 7. The number of anilines is 2. The molecule has 0 aromatic heterocycles. The van der Waals surface area contributed by atoms with Crippen LogP contribution in [0.15, 0.2) is 23.3 Å². The standard InChI is InChI=1S/C17H18Cl2FN5O4/c18-16(19)15(27)7-21-6-12-8-25(17(28)29-12)11-1-2-14(13(20)5-11)23-3-4-24(10-26)22-9-23/h1-2,5,9-10,12,16,21H,3-4,6-8H2. The van der Waals surface area contributed by atoms with E-state index in [0.717, 1.165) is 0 Å². The highest BCUT2D eigenvalue weighted by atomic mass is 35.5. The molecule has 2 aliphatic heterocycles. The lowest BCUT2D eigenvalue weighted by atomic mass is 10.2. The van der Waals surface area contributed by atoms with E-state index in [1.807, 2.05) is 0 Å². The molecule has 0 bridgehead atoms. The molecule has 29 heavy (non-hydrogen) atoms. The van der Waals surface area contributed by atoms with Crippen molar-refractivity contribution in [2.45, 2.75) is 10.9 Å². The van der Waals surface area contributed by atoms with Gasteiger partial charge >= 0.3 is 6.09 Å². The van der Waals surface area contributed by atoms with Crippen LogP contribution in [0.1, 0.15) is 0 Å². The second-order valence-corrected chi connectivity index (χ2v) is 7.44. The Labute approximate surface area is 175 Å².